The van der Waals surface area contributed by atoms with Gasteiger partial charge < -0.3 is 14.6 Å². The molecule has 1 aromatic rings. The van der Waals surface area contributed by atoms with E-state index in [-0.39, 0.29) is 5.60 Å². The molecule has 1 unspecified atom stereocenters. The van der Waals surface area contributed by atoms with Crippen LogP contribution in [0.2, 0.25) is 0 Å². The maximum atomic E-state index is 10.1. The van der Waals surface area contributed by atoms with E-state index in [4.69, 9.17) is 9.47 Å². The summed E-state index contributed by atoms with van der Waals surface area (Å²) in [5.74, 6) is 0.725. The minimum Gasteiger partial charge on any atom is -0.485 e. The Bertz CT molecular complexity index is 388. The predicted molar refractivity (Wildman–Crippen MR) is 57.2 cm³/mol. The van der Waals surface area contributed by atoms with E-state index in [0.717, 1.165) is 18.6 Å². The standard InChI is InChI=1S/C12H15NO3/c14-9-8-12(3-6-15-7-4-12)16-10-2-1-5-13-11(9)10/h1-2,5,9,14H,3-4,6-8H2. The van der Waals surface area contributed by atoms with Crippen molar-refractivity contribution >= 4 is 0 Å². The molecule has 3 heterocycles. The van der Waals surface area contributed by atoms with Gasteiger partial charge in [-0.3, -0.25) is 4.98 Å². The van der Waals surface area contributed by atoms with Crippen LogP contribution in [0.25, 0.3) is 0 Å². The molecule has 0 saturated carbocycles. The summed E-state index contributed by atoms with van der Waals surface area (Å²) >= 11 is 0. The molecular formula is C12H15NO3. The Morgan fingerprint density at radius 2 is 2.19 bits per heavy atom. The van der Waals surface area contributed by atoms with Crippen molar-refractivity contribution in [3.05, 3.63) is 24.0 Å². The molecule has 3 rings (SSSR count). The van der Waals surface area contributed by atoms with Crippen molar-refractivity contribution in [1.29, 1.82) is 0 Å². The molecular weight excluding hydrogens is 206 g/mol. The number of rotatable bonds is 0. The number of aliphatic hydroxyl groups is 1. The van der Waals surface area contributed by atoms with Crippen LogP contribution in [-0.2, 0) is 4.74 Å². The zero-order valence-corrected chi connectivity index (χ0v) is 9.06. The van der Waals surface area contributed by atoms with Gasteiger partial charge in [0.25, 0.3) is 0 Å². The zero-order chi connectivity index (χ0) is 11.0. The lowest BCUT2D eigenvalue weighted by molar-refractivity contribution is -0.0852. The highest BCUT2D eigenvalue weighted by Crippen LogP contribution is 2.42. The number of hydrogen-bond donors (Lipinski definition) is 1. The van der Waals surface area contributed by atoms with E-state index in [0.29, 0.717) is 25.3 Å². The Morgan fingerprint density at radius 3 is 3.00 bits per heavy atom. The molecule has 1 fully saturated rings. The van der Waals surface area contributed by atoms with Crippen molar-refractivity contribution in [1.82, 2.24) is 4.98 Å². The lowest BCUT2D eigenvalue weighted by atomic mass is 9.85. The van der Waals surface area contributed by atoms with Crippen LogP contribution in [0.3, 0.4) is 0 Å². The van der Waals surface area contributed by atoms with Crippen molar-refractivity contribution < 1.29 is 14.6 Å². The van der Waals surface area contributed by atoms with E-state index in [1.807, 2.05) is 12.1 Å². The minimum absolute atomic E-state index is 0.242. The number of hydrogen-bond acceptors (Lipinski definition) is 4. The first kappa shape index (κ1) is 10.1. The maximum Gasteiger partial charge on any atom is 0.144 e. The van der Waals surface area contributed by atoms with Gasteiger partial charge in [0.2, 0.25) is 0 Å². The lowest BCUT2D eigenvalue weighted by Crippen LogP contribution is -2.45. The Morgan fingerprint density at radius 1 is 1.38 bits per heavy atom. The number of nitrogens with zero attached hydrogens (tertiary/aromatic N) is 1. The number of aromatic nitrogens is 1. The van der Waals surface area contributed by atoms with Crippen molar-refractivity contribution in [3.63, 3.8) is 0 Å². The molecule has 0 amide bonds. The van der Waals surface area contributed by atoms with E-state index in [9.17, 15) is 5.11 Å². The molecule has 4 nitrogen and oxygen atoms in total. The van der Waals surface area contributed by atoms with E-state index in [1.54, 1.807) is 6.20 Å². The molecule has 1 aromatic heterocycles. The van der Waals surface area contributed by atoms with E-state index in [2.05, 4.69) is 4.98 Å². The summed E-state index contributed by atoms with van der Waals surface area (Å²) in [6.45, 7) is 1.42. The average Bonchev–Trinajstić information content (AvgIpc) is 2.30. The molecule has 4 heteroatoms. The fourth-order valence-electron chi connectivity index (χ4n) is 2.51. The van der Waals surface area contributed by atoms with Crippen molar-refractivity contribution in [3.8, 4) is 5.75 Å². The molecule has 2 aliphatic rings. The van der Waals surface area contributed by atoms with Crippen LogP contribution < -0.4 is 4.74 Å². The van der Waals surface area contributed by atoms with Crippen molar-refractivity contribution in [2.24, 2.45) is 0 Å². The van der Waals surface area contributed by atoms with Gasteiger partial charge in [-0.15, -0.1) is 0 Å². The quantitative estimate of drug-likeness (QED) is 0.720. The first-order chi connectivity index (χ1) is 7.79. The Kier molecular flexibility index (Phi) is 2.33. The molecule has 2 aliphatic heterocycles. The largest absolute Gasteiger partial charge is 0.485 e. The molecule has 1 atom stereocenters. The van der Waals surface area contributed by atoms with Gasteiger partial charge in [-0.2, -0.15) is 0 Å². The number of pyridine rings is 1. The van der Waals surface area contributed by atoms with Crippen LogP contribution in [0.4, 0.5) is 0 Å². The van der Waals surface area contributed by atoms with Gasteiger partial charge in [-0.05, 0) is 12.1 Å². The first-order valence-electron chi connectivity index (χ1n) is 5.69. The summed E-state index contributed by atoms with van der Waals surface area (Å²) in [4.78, 5) is 4.17. The Balaban J connectivity index is 1.93. The van der Waals surface area contributed by atoms with Crippen LogP contribution >= 0.6 is 0 Å². The second kappa shape index (κ2) is 3.71. The van der Waals surface area contributed by atoms with Gasteiger partial charge in [0.15, 0.2) is 0 Å². The molecule has 0 bridgehead atoms. The second-order valence-corrected chi connectivity index (χ2v) is 4.50. The Hall–Kier alpha value is -1.13. The van der Waals surface area contributed by atoms with Crippen LogP contribution in [0, 0.1) is 0 Å². The van der Waals surface area contributed by atoms with E-state index < -0.39 is 6.10 Å². The summed E-state index contributed by atoms with van der Waals surface area (Å²) in [5.41, 5.74) is 0.424. The third-order valence-electron chi connectivity index (χ3n) is 3.41. The van der Waals surface area contributed by atoms with Gasteiger partial charge in [0.05, 0.1) is 13.2 Å². The van der Waals surface area contributed by atoms with Crippen molar-refractivity contribution in [2.45, 2.75) is 31.0 Å². The highest BCUT2D eigenvalue weighted by molar-refractivity contribution is 5.32. The summed E-state index contributed by atoms with van der Waals surface area (Å²) < 4.78 is 11.4. The van der Waals surface area contributed by atoms with Gasteiger partial charge >= 0.3 is 0 Å². The van der Waals surface area contributed by atoms with Gasteiger partial charge in [0.1, 0.15) is 23.1 Å². The third kappa shape index (κ3) is 1.58. The van der Waals surface area contributed by atoms with Crippen LogP contribution in [0.15, 0.2) is 18.3 Å². The number of ether oxygens (including phenoxy) is 2. The predicted octanol–water partition coefficient (Wildman–Crippen LogP) is 1.45. The molecule has 16 heavy (non-hydrogen) atoms. The monoisotopic (exact) mass is 221 g/mol. The maximum absolute atomic E-state index is 10.1. The molecule has 0 radical (unpaired) electrons. The highest BCUT2D eigenvalue weighted by atomic mass is 16.5. The number of fused-ring (bicyclic) bond motifs is 1. The Labute approximate surface area is 94.2 Å². The molecule has 86 valence electrons. The smallest absolute Gasteiger partial charge is 0.144 e. The van der Waals surface area contributed by atoms with Crippen LogP contribution in [0.5, 0.6) is 5.75 Å². The van der Waals surface area contributed by atoms with Gasteiger partial charge in [-0.1, -0.05) is 0 Å². The molecule has 0 aromatic carbocycles. The summed E-state index contributed by atoms with van der Waals surface area (Å²) in [5, 5.41) is 10.1. The van der Waals surface area contributed by atoms with E-state index >= 15 is 0 Å². The molecule has 1 saturated heterocycles. The summed E-state index contributed by atoms with van der Waals surface area (Å²) in [6.07, 6.45) is 3.49. The van der Waals surface area contributed by atoms with E-state index in [1.165, 1.54) is 0 Å². The zero-order valence-electron chi connectivity index (χ0n) is 9.06. The van der Waals surface area contributed by atoms with Crippen LogP contribution in [-0.4, -0.2) is 28.9 Å². The van der Waals surface area contributed by atoms with Crippen LogP contribution in [0.1, 0.15) is 31.1 Å². The molecule has 1 N–H and O–H groups in total. The number of aliphatic hydroxyl groups excluding tert-OH is 1. The van der Waals surface area contributed by atoms with Crippen molar-refractivity contribution in [2.75, 3.05) is 13.2 Å². The normalized spacial score (nSPS) is 27.2. The second-order valence-electron chi connectivity index (χ2n) is 4.50. The fraction of sp³-hybridized carbons (Fsp3) is 0.583. The lowest BCUT2D eigenvalue weighted by Gasteiger charge is -2.42. The van der Waals surface area contributed by atoms with Gasteiger partial charge in [-0.25, -0.2) is 0 Å². The summed E-state index contributed by atoms with van der Waals surface area (Å²) in [7, 11) is 0. The third-order valence-corrected chi connectivity index (χ3v) is 3.41. The topological polar surface area (TPSA) is 51.6 Å². The summed E-state index contributed by atoms with van der Waals surface area (Å²) in [6, 6.07) is 3.71. The SMILES string of the molecule is OC1CC2(CCOCC2)Oc2cccnc21. The molecule has 1 spiro atoms. The van der Waals surface area contributed by atoms with Gasteiger partial charge in [0, 0.05) is 25.5 Å². The molecule has 0 aliphatic carbocycles. The average molecular weight is 221 g/mol. The highest BCUT2D eigenvalue weighted by Gasteiger charge is 2.42. The first-order valence-corrected chi connectivity index (χ1v) is 5.69. The fourth-order valence-corrected chi connectivity index (χ4v) is 2.51. The minimum atomic E-state index is -0.511.